The van der Waals surface area contributed by atoms with E-state index in [1.165, 1.54) is 0 Å². The molecule has 2 atom stereocenters. The van der Waals surface area contributed by atoms with E-state index < -0.39 is 0 Å². The number of fused-ring (bicyclic) bond motifs is 1. The number of pyridine rings is 2. The van der Waals surface area contributed by atoms with Crippen molar-refractivity contribution in [3.05, 3.63) is 59.8 Å². The van der Waals surface area contributed by atoms with Crippen molar-refractivity contribution in [1.82, 2.24) is 39.4 Å². The Kier molecular flexibility index (Phi) is 6.46. The van der Waals surface area contributed by atoms with Crippen LogP contribution in [0.1, 0.15) is 48.3 Å². The molecule has 0 saturated carbocycles. The van der Waals surface area contributed by atoms with E-state index in [4.69, 9.17) is 9.47 Å². The van der Waals surface area contributed by atoms with Crippen molar-refractivity contribution in [2.45, 2.75) is 50.4 Å². The number of likely N-dealkylation sites (N-methyl/N-ethyl adjacent to an activating group) is 1. The number of ether oxygens (including phenoxy) is 2. The van der Waals surface area contributed by atoms with E-state index in [0.29, 0.717) is 28.9 Å². The maximum absolute atomic E-state index is 9.82. The van der Waals surface area contributed by atoms with E-state index in [2.05, 4.69) is 54.9 Å². The summed E-state index contributed by atoms with van der Waals surface area (Å²) >= 11 is 0. The van der Waals surface area contributed by atoms with Crippen molar-refractivity contribution in [1.29, 1.82) is 5.26 Å². The minimum Gasteiger partial charge on any atom is -0.486 e. The molecular formula is C29H33N9O2. The van der Waals surface area contributed by atoms with Crippen molar-refractivity contribution in [3.8, 4) is 23.1 Å². The number of piperidine rings is 1. The van der Waals surface area contributed by atoms with Gasteiger partial charge >= 0.3 is 0 Å². The van der Waals surface area contributed by atoms with Crippen LogP contribution in [0.2, 0.25) is 0 Å². The quantitative estimate of drug-likeness (QED) is 0.365. The van der Waals surface area contributed by atoms with Crippen LogP contribution in [0, 0.1) is 18.3 Å². The van der Waals surface area contributed by atoms with Crippen LogP contribution < -0.4 is 4.74 Å². The van der Waals surface area contributed by atoms with Gasteiger partial charge in [-0.25, -0.2) is 9.20 Å². The number of aromatic nitrogens is 6. The van der Waals surface area contributed by atoms with Gasteiger partial charge in [0.1, 0.15) is 34.7 Å². The van der Waals surface area contributed by atoms with Gasteiger partial charge in [-0.05, 0) is 51.4 Å². The van der Waals surface area contributed by atoms with Crippen molar-refractivity contribution in [2.24, 2.45) is 0 Å². The lowest BCUT2D eigenvalue weighted by atomic mass is 10.0. The summed E-state index contributed by atoms with van der Waals surface area (Å²) < 4.78 is 15.9. The lowest BCUT2D eigenvalue weighted by Gasteiger charge is -2.41. The molecule has 11 nitrogen and oxygen atoms in total. The van der Waals surface area contributed by atoms with Gasteiger partial charge < -0.3 is 9.47 Å². The van der Waals surface area contributed by atoms with E-state index in [1.54, 1.807) is 10.7 Å². The summed E-state index contributed by atoms with van der Waals surface area (Å²) in [6.45, 7) is 6.78. The minimum absolute atomic E-state index is 0.0124. The van der Waals surface area contributed by atoms with Gasteiger partial charge in [-0.2, -0.15) is 10.4 Å². The molecule has 11 heteroatoms. The molecule has 40 heavy (non-hydrogen) atoms. The zero-order valence-corrected chi connectivity index (χ0v) is 22.8. The zero-order valence-electron chi connectivity index (χ0n) is 22.8. The topological polar surface area (TPSA) is 110 Å². The van der Waals surface area contributed by atoms with Gasteiger partial charge in [-0.3, -0.25) is 14.8 Å². The predicted octanol–water partition coefficient (Wildman–Crippen LogP) is 3.03. The first-order valence-corrected chi connectivity index (χ1v) is 14.0. The minimum atomic E-state index is -0.122. The Labute approximate surface area is 232 Å². The molecule has 0 spiro atoms. The third kappa shape index (κ3) is 4.33. The van der Waals surface area contributed by atoms with Crippen molar-refractivity contribution >= 4 is 5.52 Å². The van der Waals surface area contributed by atoms with Gasteiger partial charge in [0, 0.05) is 37.6 Å². The number of likely N-dealkylation sites (tertiary alicyclic amines) is 2. The highest BCUT2D eigenvalue weighted by Crippen LogP contribution is 2.37. The fourth-order valence-corrected chi connectivity index (χ4v) is 6.43. The Balaban J connectivity index is 1.20. The highest BCUT2D eigenvalue weighted by atomic mass is 16.5. The maximum atomic E-state index is 9.82. The number of nitriles is 1. The van der Waals surface area contributed by atoms with E-state index in [9.17, 15) is 5.26 Å². The lowest BCUT2D eigenvalue weighted by Crippen LogP contribution is -2.52. The molecule has 0 N–H and O–H groups in total. The van der Waals surface area contributed by atoms with Crippen LogP contribution in [0.5, 0.6) is 5.75 Å². The molecule has 0 bridgehead atoms. The highest BCUT2D eigenvalue weighted by molar-refractivity contribution is 5.74. The molecule has 4 aromatic rings. The normalized spacial score (nSPS) is 22.9. The second kappa shape index (κ2) is 10.3. The first-order chi connectivity index (χ1) is 19.6. The van der Waals surface area contributed by atoms with Gasteiger partial charge in [0.05, 0.1) is 48.9 Å². The average Bonchev–Trinajstić information content (AvgIpc) is 3.65. The molecule has 0 amide bonds. The first kappa shape index (κ1) is 25.1. The van der Waals surface area contributed by atoms with E-state index in [0.717, 1.165) is 74.8 Å². The fourth-order valence-electron chi connectivity index (χ4n) is 6.43. The van der Waals surface area contributed by atoms with Crippen LogP contribution in [-0.2, 0) is 4.74 Å². The summed E-state index contributed by atoms with van der Waals surface area (Å²) in [6.07, 6.45) is 8.15. The number of nitrogens with zero attached hydrogens (tertiary/aromatic N) is 9. The fraction of sp³-hybridized carbons (Fsp3) is 0.483. The van der Waals surface area contributed by atoms with Crippen molar-refractivity contribution < 1.29 is 9.47 Å². The first-order valence-electron chi connectivity index (χ1n) is 14.0. The number of hydrogen-bond acceptors (Lipinski definition) is 9. The molecule has 0 radical (unpaired) electrons. The van der Waals surface area contributed by atoms with Crippen molar-refractivity contribution in [2.75, 3.05) is 39.9 Å². The summed E-state index contributed by atoms with van der Waals surface area (Å²) in [5, 5.41) is 23.5. The van der Waals surface area contributed by atoms with Crippen LogP contribution in [0.25, 0.3) is 16.8 Å². The van der Waals surface area contributed by atoms with Gasteiger partial charge in [-0.15, -0.1) is 5.10 Å². The third-order valence-electron chi connectivity index (χ3n) is 8.74. The molecule has 3 aliphatic heterocycles. The summed E-state index contributed by atoms with van der Waals surface area (Å²) in [6, 6.07) is 11.1. The van der Waals surface area contributed by atoms with E-state index in [-0.39, 0.29) is 12.1 Å². The molecule has 3 aliphatic rings. The van der Waals surface area contributed by atoms with E-state index >= 15 is 0 Å². The average molecular weight is 540 g/mol. The lowest BCUT2D eigenvalue weighted by molar-refractivity contribution is -0.0735. The Hall–Kier alpha value is -3.85. The molecular weight excluding hydrogens is 506 g/mol. The smallest absolute Gasteiger partial charge is 0.147 e. The second-order valence-corrected chi connectivity index (χ2v) is 11.1. The van der Waals surface area contributed by atoms with Gasteiger partial charge in [0.25, 0.3) is 0 Å². The molecule has 3 saturated heterocycles. The summed E-state index contributed by atoms with van der Waals surface area (Å²) in [5.41, 5.74) is 4.81. The molecule has 3 fully saturated rings. The third-order valence-corrected chi connectivity index (χ3v) is 8.74. The summed E-state index contributed by atoms with van der Waals surface area (Å²) in [5.74, 6) is 0.623. The maximum Gasteiger partial charge on any atom is 0.147 e. The highest BCUT2D eigenvalue weighted by Gasteiger charge is 2.36. The van der Waals surface area contributed by atoms with Gasteiger partial charge in [-0.1, -0.05) is 11.3 Å². The molecule has 7 rings (SSSR count). The molecule has 0 unspecified atom stereocenters. The SMILES string of the molecule is Cc1c(-c2cc(O[C@H]3CCN(C)[C@@H]3c3ccccn3)c3c(C#N)cnn3c2)nnn1C1CCN(C2COC2)CC1. The molecule has 206 valence electrons. The Morgan fingerprint density at radius 2 is 1.95 bits per heavy atom. The Morgan fingerprint density at radius 1 is 1.10 bits per heavy atom. The molecule has 4 aromatic heterocycles. The van der Waals surface area contributed by atoms with E-state index in [1.807, 2.05) is 36.7 Å². The summed E-state index contributed by atoms with van der Waals surface area (Å²) in [7, 11) is 2.10. The van der Waals surface area contributed by atoms with Crippen LogP contribution in [0.4, 0.5) is 0 Å². The van der Waals surface area contributed by atoms with Gasteiger partial charge in [0.2, 0.25) is 0 Å². The standard InChI is InChI=1S/C29H33N9O2/c1-19-27(33-34-38(19)22-6-11-36(12-7-22)23-17-39-18-23)20-13-26(28-21(14-30)15-32-37(28)16-20)40-25-8-10-35(2)29(25)24-5-3-4-9-31-24/h3-5,9,13,15-16,22-23,25,29H,6-8,10-12,17-18H2,1-2H3/t25-,29+/m0/s1. The van der Waals surface area contributed by atoms with Crippen LogP contribution in [0.15, 0.2) is 42.9 Å². The zero-order chi connectivity index (χ0) is 27.2. The largest absolute Gasteiger partial charge is 0.486 e. The molecule has 7 heterocycles. The predicted molar refractivity (Wildman–Crippen MR) is 147 cm³/mol. The number of rotatable bonds is 6. The Bertz CT molecular complexity index is 1550. The van der Waals surface area contributed by atoms with Crippen LogP contribution in [-0.4, -0.2) is 91.4 Å². The second-order valence-electron chi connectivity index (χ2n) is 11.1. The molecule has 0 aromatic carbocycles. The van der Waals surface area contributed by atoms with Crippen molar-refractivity contribution in [3.63, 3.8) is 0 Å². The monoisotopic (exact) mass is 539 g/mol. The Morgan fingerprint density at radius 3 is 2.67 bits per heavy atom. The number of hydrogen-bond donors (Lipinski definition) is 0. The molecule has 0 aliphatic carbocycles. The van der Waals surface area contributed by atoms with Gasteiger partial charge in [0.15, 0.2) is 0 Å². The summed E-state index contributed by atoms with van der Waals surface area (Å²) in [4.78, 5) is 9.42. The van der Waals surface area contributed by atoms with Crippen LogP contribution in [0.3, 0.4) is 0 Å². The van der Waals surface area contributed by atoms with Crippen LogP contribution >= 0.6 is 0 Å².